The van der Waals surface area contributed by atoms with Crippen LogP contribution in [0.5, 0.6) is 5.75 Å². The Balaban J connectivity index is 2.54. The van der Waals surface area contributed by atoms with E-state index in [0.29, 0.717) is 24.2 Å². The molecule has 0 aliphatic heterocycles. The lowest BCUT2D eigenvalue weighted by Gasteiger charge is -2.36. The van der Waals surface area contributed by atoms with Gasteiger partial charge < -0.3 is 4.74 Å². The number of para-hydroxylation sites is 1. The molecular formula is C14H18F2O. The summed E-state index contributed by atoms with van der Waals surface area (Å²) >= 11 is 0. The summed E-state index contributed by atoms with van der Waals surface area (Å²) in [5, 5.41) is 0. The molecule has 0 N–H and O–H groups in total. The summed E-state index contributed by atoms with van der Waals surface area (Å²) in [7, 11) is 1.54. The Bertz CT molecular complexity index is 389. The molecule has 94 valence electrons. The third-order valence-electron chi connectivity index (χ3n) is 3.92. The molecule has 0 spiro atoms. The van der Waals surface area contributed by atoms with Gasteiger partial charge in [-0.25, -0.2) is 8.78 Å². The summed E-state index contributed by atoms with van der Waals surface area (Å²) in [6.07, 6.45) is 2.80. The zero-order valence-corrected chi connectivity index (χ0v) is 10.3. The number of ether oxygens (including phenoxy) is 1. The van der Waals surface area contributed by atoms with Crippen LogP contribution in [0.15, 0.2) is 24.3 Å². The third kappa shape index (κ3) is 1.92. The Morgan fingerprint density at radius 2 is 1.76 bits per heavy atom. The van der Waals surface area contributed by atoms with Gasteiger partial charge in [0.25, 0.3) is 5.92 Å². The van der Waals surface area contributed by atoms with E-state index in [1.165, 1.54) is 7.11 Å². The van der Waals surface area contributed by atoms with Crippen LogP contribution in [-0.2, 0) is 5.41 Å². The largest absolute Gasteiger partial charge is 0.496 e. The van der Waals surface area contributed by atoms with E-state index in [2.05, 4.69) is 0 Å². The van der Waals surface area contributed by atoms with Gasteiger partial charge in [0.15, 0.2) is 0 Å². The van der Waals surface area contributed by atoms with Crippen molar-refractivity contribution in [1.29, 1.82) is 0 Å². The van der Waals surface area contributed by atoms with Crippen LogP contribution in [-0.4, -0.2) is 13.0 Å². The van der Waals surface area contributed by atoms with Gasteiger partial charge in [-0.05, 0) is 18.9 Å². The van der Waals surface area contributed by atoms with Crippen molar-refractivity contribution in [3.63, 3.8) is 0 Å². The molecule has 1 aliphatic rings. The fourth-order valence-corrected chi connectivity index (χ4v) is 2.96. The number of rotatable bonds is 3. The lowest BCUT2D eigenvalue weighted by Crippen LogP contribution is -2.41. The minimum Gasteiger partial charge on any atom is -0.496 e. The molecule has 1 aromatic rings. The molecule has 1 aromatic carbocycles. The molecule has 0 atom stereocenters. The van der Waals surface area contributed by atoms with Crippen LogP contribution < -0.4 is 4.74 Å². The molecule has 1 saturated carbocycles. The molecule has 17 heavy (non-hydrogen) atoms. The first-order valence-electron chi connectivity index (χ1n) is 6.02. The lowest BCUT2D eigenvalue weighted by atomic mass is 9.73. The van der Waals surface area contributed by atoms with Crippen LogP contribution in [0.1, 0.15) is 38.2 Å². The van der Waals surface area contributed by atoms with Gasteiger partial charge in [-0.3, -0.25) is 0 Å². The summed E-state index contributed by atoms with van der Waals surface area (Å²) in [4.78, 5) is 0. The van der Waals surface area contributed by atoms with E-state index in [1.54, 1.807) is 12.1 Å². The zero-order valence-electron chi connectivity index (χ0n) is 10.3. The summed E-state index contributed by atoms with van der Waals surface area (Å²) in [5.74, 6) is -2.13. The van der Waals surface area contributed by atoms with Gasteiger partial charge in [0, 0.05) is 12.5 Å². The maximum Gasteiger partial charge on any atom is 0.255 e. The van der Waals surface area contributed by atoms with E-state index in [9.17, 15) is 8.78 Å². The van der Waals surface area contributed by atoms with Crippen molar-refractivity contribution in [1.82, 2.24) is 0 Å². The highest BCUT2D eigenvalue weighted by Crippen LogP contribution is 2.53. The molecule has 1 aliphatic carbocycles. The second kappa shape index (κ2) is 4.28. The lowest BCUT2D eigenvalue weighted by molar-refractivity contribution is -0.0607. The summed E-state index contributed by atoms with van der Waals surface area (Å²) in [6.45, 7) is 1.03. The standard InChI is InChI=1S/C14H18F2O/c1-13(15,16)14(9-5-6-10-14)11-7-3-4-8-12(11)17-2/h3-4,7-8H,5-6,9-10H2,1-2H3. The molecule has 0 heterocycles. The second-order valence-corrected chi connectivity index (χ2v) is 4.88. The highest BCUT2D eigenvalue weighted by molar-refractivity contribution is 5.42. The molecule has 0 amide bonds. The molecule has 0 bridgehead atoms. The molecule has 3 heteroatoms. The van der Waals surface area contributed by atoms with Crippen molar-refractivity contribution < 1.29 is 13.5 Å². The number of benzene rings is 1. The van der Waals surface area contributed by atoms with Crippen LogP contribution >= 0.6 is 0 Å². The second-order valence-electron chi connectivity index (χ2n) is 4.88. The topological polar surface area (TPSA) is 9.23 Å². The highest BCUT2D eigenvalue weighted by Gasteiger charge is 2.53. The predicted molar refractivity (Wildman–Crippen MR) is 63.8 cm³/mol. The first-order chi connectivity index (χ1) is 8.01. The SMILES string of the molecule is COc1ccccc1C1(C(C)(F)F)CCCC1. The normalized spacial score (nSPS) is 19.3. The Morgan fingerprint density at radius 1 is 1.18 bits per heavy atom. The van der Waals surface area contributed by atoms with Gasteiger partial charge in [-0.15, -0.1) is 0 Å². The van der Waals surface area contributed by atoms with E-state index in [1.807, 2.05) is 12.1 Å². The molecule has 0 radical (unpaired) electrons. The molecular weight excluding hydrogens is 222 g/mol. The number of methoxy groups -OCH3 is 1. The van der Waals surface area contributed by atoms with Gasteiger partial charge in [-0.1, -0.05) is 31.0 Å². The fraction of sp³-hybridized carbons (Fsp3) is 0.571. The number of halogens is 2. The minimum atomic E-state index is -2.71. The fourth-order valence-electron chi connectivity index (χ4n) is 2.96. The smallest absolute Gasteiger partial charge is 0.255 e. The van der Waals surface area contributed by atoms with E-state index < -0.39 is 11.3 Å². The van der Waals surface area contributed by atoms with E-state index in [-0.39, 0.29) is 0 Å². The molecule has 1 nitrogen and oxygen atoms in total. The number of hydrogen-bond donors (Lipinski definition) is 0. The van der Waals surface area contributed by atoms with Crippen molar-refractivity contribution in [3.05, 3.63) is 29.8 Å². The van der Waals surface area contributed by atoms with E-state index in [4.69, 9.17) is 4.74 Å². The van der Waals surface area contributed by atoms with Gasteiger partial charge in [-0.2, -0.15) is 0 Å². The Kier molecular flexibility index (Phi) is 3.11. The monoisotopic (exact) mass is 240 g/mol. The van der Waals surface area contributed by atoms with Crippen molar-refractivity contribution >= 4 is 0 Å². The summed E-state index contributed by atoms with van der Waals surface area (Å²) < 4.78 is 33.3. The average molecular weight is 240 g/mol. The van der Waals surface area contributed by atoms with Crippen LogP contribution in [0.3, 0.4) is 0 Å². The van der Waals surface area contributed by atoms with Crippen molar-refractivity contribution in [3.8, 4) is 5.75 Å². The third-order valence-corrected chi connectivity index (χ3v) is 3.92. The van der Waals surface area contributed by atoms with Gasteiger partial charge in [0.05, 0.1) is 12.5 Å². The first kappa shape index (κ1) is 12.3. The number of hydrogen-bond acceptors (Lipinski definition) is 1. The Hall–Kier alpha value is -1.12. The summed E-state index contributed by atoms with van der Waals surface area (Å²) in [5.41, 5.74) is -0.382. The van der Waals surface area contributed by atoms with Crippen LogP contribution in [0.25, 0.3) is 0 Å². The first-order valence-corrected chi connectivity index (χ1v) is 6.02. The van der Waals surface area contributed by atoms with Gasteiger partial charge in [0.1, 0.15) is 5.75 Å². The highest BCUT2D eigenvalue weighted by atomic mass is 19.3. The number of alkyl halides is 2. The van der Waals surface area contributed by atoms with Crippen LogP contribution in [0.2, 0.25) is 0 Å². The Labute approximate surface area is 101 Å². The van der Waals surface area contributed by atoms with Crippen molar-refractivity contribution in [2.24, 2.45) is 0 Å². The molecule has 0 aromatic heterocycles. The quantitative estimate of drug-likeness (QED) is 0.770. The van der Waals surface area contributed by atoms with Crippen LogP contribution in [0.4, 0.5) is 8.78 Å². The molecule has 2 rings (SSSR count). The van der Waals surface area contributed by atoms with E-state index >= 15 is 0 Å². The van der Waals surface area contributed by atoms with Crippen molar-refractivity contribution in [2.45, 2.75) is 43.9 Å². The van der Waals surface area contributed by atoms with Crippen LogP contribution in [0, 0.1) is 0 Å². The van der Waals surface area contributed by atoms with Crippen molar-refractivity contribution in [2.75, 3.05) is 7.11 Å². The predicted octanol–water partition coefficient (Wildman–Crippen LogP) is 4.16. The Morgan fingerprint density at radius 3 is 2.29 bits per heavy atom. The molecule has 1 fully saturated rings. The molecule has 0 saturated heterocycles. The average Bonchev–Trinajstić information content (AvgIpc) is 2.78. The maximum atomic E-state index is 14.0. The van der Waals surface area contributed by atoms with Gasteiger partial charge >= 0.3 is 0 Å². The molecule has 0 unspecified atom stereocenters. The van der Waals surface area contributed by atoms with Gasteiger partial charge in [0.2, 0.25) is 0 Å². The summed E-state index contributed by atoms with van der Waals surface area (Å²) in [6, 6.07) is 7.17. The van der Waals surface area contributed by atoms with E-state index in [0.717, 1.165) is 19.8 Å². The zero-order chi connectivity index (χ0) is 12.5. The maximum absolute atomic E-state index is 14.0. The minimum absolute atomic E-state index is 0.539.